The number of esters is 1. The van der Waals surface area contributed by atoms with Crippen molar-refractivity contribution in [1.82, 2.24) is 10.2 Å². The van der Waals surface area contributed by atoms with Crippen LogP contribution in [0.2, 0.25) is 0 Å². The van der Waals surface area contributed by atoms with Gasteiger partial charge in [0.25, 0.3) is 0 Å². The van der Waals surface area contributed by atoms with Crippen LogP contribution in [0.4, 0.5) is 0 Å². The van der Waals surface area contributed by atoms with E-state index in [-0.39, 0.29) is 12.0 Å². The van der Waals surface area contributed by atoms with E-state index in [2.05, 4.69) is 10.2 Å². The average molecular weight is 282 g/mol. The van der Waals surface area contributed by atoms with Crippen molar-refractivity contribution in [3.63, 3.8) is 0 Å². The first-order chi connectivity index (χ1) is 9.76. The SMILES string of the molecule is CCNC(CN1CCC[C@H]2CCCC[C@H]21)C(=O)OCC. The van der Waals surface area contributed by atoms with Gasteiger partial charge in [-0.15, -0.1) is 0 Å². The van der Waals surface area contributed by atoms with E-state index in [1.54, 1.807) is 0 Å². The van der Waals surface area contributed by atoms with Crippen molar-refractivity contribution in [3.05, 3.63) is 0 Å². The number of nitrogens with one attached hydrogen (secondary N) is 1. The molecule has 0 aromatic carbocycles. The highest BCUT2D eigenvalue weighted by Crippen LogP contribution is 2.35. The summed E-state index contributed by atoms with van der Waals surface area (Å²) in [6, 6.07) is 0.536. The van der Waals surface area contributed by atoms with Crippen molar-refractivity contribution in [2.24, 2.45) is 5.92 Å². The highest BCUT2D eigenvalue weighted by atomic mass is 16.5. The number of fused-ring (bicyclic) bond motifs is 1. The normalized spacial score (nSPS) is 28.7. The summed E-state index contributed by atoms with van der Waals surface area (Å²) in [7, 11) is 0. The van der Waals surface area contributed by atoms with Gasteiger partial charge in [0.05, 0.1) is 6.61 Å². The van der Waals surface area contributed by atoms with Crippen LogP contribution in [0, 0.1) is 5.92 Å². The first kappa shape index (κ1) is 15.8. The molecule has 1 aliphatic heterocycles. The monoisotopic (exact) mass is 282 g/mol. The molecule has 0 aromatic heterocycles. The van der Waals surface area contributed by atoms with Gasteiger partial charge in [-0.1, -0.05) is 19.8 Å². The van der Waals surface area contributed by atoms with Crippen molar-refractivity contribution in [2.45, 2.75) is 64.5 Å². The van der Waals surface area contributed by atoms with Crippen molar-refractivity contribution < 1.29 is 9.53 Å². The lowest BCUT2D eigenvalue weighted by Crippen LogP contribution is -2.54. The number of piperidine rings is 1. The van der Waals surface area contributed by atoms with Gasteiger partial charge in [0.15, 0.2) is 0 Å². The Balaban J connectivity index is 1.95. The number of likely N-dealkylation sites (N-methyl/N-ethyl adjacent to an activating group) is 1. The number of likely N-dealkylation sites (tertiary alicyclic amines) is 1. The molecule has 3 atom stereocenters. The molecule has 4 heteroatoms. The molecule has 1 saturated carbocycles. The second-order valence-corrected chi connectivity index (χ2v) is 6.11. The third-order valence-corrected chi connectivity index (χ3v) is 4.80. The molecule has 1 heterocycles. The molecule has 4 nitrogen and oxygen atoms in total. The molecule has 2 aliphatic rings. The maximum atomic E-state index is 12.1. The molecule has 20 heavy (non-hydrogen) atoms. The zero-order valence-corrected chi connectivity index (χ0v) is 13.1. The van der Waals surface area contributed by atoms with E-state index < -0.39 is 0 Å². The maximum absolute atomic E-state index is 12.1. The van der Waals surface area contributed by atoms with Crippen LogP contribution < -0.4 is 5.32 Å². The van der Waals surface area contributed by atoms with Crippen LogP contribution in [0.25, 0.3) is 0 Å². The van der Waals surface area contributed by atoms with Crippen LogP contribution in [0.1, 0.15) is 52.4 Å². The number of hydrogen-bond donors (Lipinski definition) is 1. The molecule has 2 fully saturated rings. The lowest BCUT2D eigenvalue weighted by atomic mass is 9.78. The fourth-order valence-electron chi connectivity index (χ4n) is 3.90. The number of nitrogens with zero attached hydrogens (tertiary/aromatic N) is 1. The minimum Gasteiger partial charge on any atom is -0.465 e. The Hall–Kier alpha value is -0.610. The Morgan fingerprint density at radius 3 is 2.75 bits per heavy atom. The number of ether oxygens (including phenoxy) is 1. The van der Waals surface area contributed by atoms with E-state index in [0.717, 1.165) is 25.6 Å². The number of rotatable bonds is 6. The van der Waals surface area contributed by atoms with Crippen LogP contribution in [0.5, 0.6) is 0 Å². The molecular formula is C16H30N2O2. The molecule has 1 saturated heterocycles. The predicted molar refractivity (Wildman–Crippen MR) is 80.7 cm³/mol. The second-order valence-electron chi connectivity index (χ2n) is 6.11. The van der Waals surface area contributed by atoms with Gasteiger partial charge in [-0.3, -0.25) is 9.69 Å². The third kappa shape index (κ3) is 3.95. The van der Waals surface area contributed by atoms with Crippen LogP contribution in [0.15, 0.2) is 0 Å². The van der Waals surface area contributed by atoms with Gasteiger partial charge in [0.2, 0.25) is 0 Å². The second kappa shape index (κ2) is 7.99. The van der Waals surface area contributed by atoms with Crippen LogP contribution >= 0.6 is 0 Å². The molecular weight excluding hydrogens is 252 g/mol. The minimum atomic E-state index is -0.166. The topological polar surface area (TPSA) is 41.6 Å². The zero-order chi connectivity index (χ0) is 14.4. The molecule has 0 spiro atoms. The quantitative estimate of drug-likeness (QED) is 0.758. The molecule has 0 amide bonds. The van der Waals surface area contributed by atoms with Crippen molar-refractivity contribution in [2.75, 3.05) is 26.2 Å². The molecule has 1 N–H and O–H groups in total. The first-order valence-corrected chi connectivity index (χ1v) is 8.40. The number of carbonyl (C=O) groups is 1. The fourth-order valence-corrected chi connectivity index (χ4v) is 3.90. The van der Waals surface area contributed by atoms with Crippen molar-refractivity contribution in [1.29, 1.82) is 0 Å². The standard InChI is InChI=1S/C16H30N2O2/c1-3-17-14(16(19)20-4-2)12-18-11-7-9-13-8-5-6-10-15(13)18/h13-15,17H,3-12H2,1-2H3/t13-,14?,15-/m1/s1. The van der Waals surface area contributed by atoms with Gasteiger partial charge in [0, 0.05) is 12.6 Å². The van der Waals surface area contributed by atoms with Gasteiger partial charge in [-0.25, -0.2) is 0 Å². The number of hydrogen-bond acceptors (Lipinski definition) is 4. The van der Waals surface area contributed by atoms with E-state index in [1.165, 1.54) is 38.5 Å². The molecule has 1 unspecified atom stereocenters. The zero-order valence-electron chi connectivity index (χ0n) is 13.1. The average Bonchev–Trinajstić information content (AvgIpc) is 2.47. The van der Waals surface area contributed by atoms with Gasteiger partial charge < -0.3 is 10.1 Å². The predicted octanol–water partition coefficient (Wildman–Crippen LogP) is 2.18. The van der Waals surface area contributed by atoms with Gasteiger partial charge in [-0.05, 0) is 51.6 Å². The smallest absolute Gasteiger partial charge is 0.324 e. The highest BCUT2D eigenvalue weighted by molar-refractivity contribution is 5.76. The summed E-state index contributed by atoms with van der Waals surface area (Å²) in [5.41, 5.74) is 0. The van der Waals surface area contributed by atoms with E-state index in [1.807, 2.05) is 13.8 Å². The van der Waals surface area contributed by atoms with Crippen molar-refractivity contribution >= 4 is 5.97 Å². The van der Waals surface area contributed by atoms with Crippen LogP contribution in [-0.4, -0.2) is 49.2 Å². The summed E-state index contributed by atoms with van der Waals surface area (Å²) in [5, 5.41) is 3.29. The van der Waals surface area contributed by atoms with Gasteiger partial charge in [-0.2, -0.15) is 0 Å². The Kier molecular flexibility index (Phi) is 6.30. The van der Waals surface area contributed by atoms with Crippen molar-refractivity contribution in [3.8, 4) is 0 Å². The summed E-state index contributed by atoms with van der Waals surface area (Å²) in [6.45, 7) is 7.15. The fraction of sp³-hybridized carbons (Fsp3) is 0.938. The maximum Gasteiger partial charge on any atom is 0.324 e. The van der Waals surface area contributed by atoms with Crippen LogP contribution in [-0.2, 0) is 9.53 Å². The lowest BCUT2D eigenvalue weighted by molar-refractivity contribution is -0.146. The third-order valence-electron chi connectivity index (χ3n) is 4.80. The van der Waals surface area contributed by atoms with E-state index in [9.17, 15) is 4.79 Å². The van der Waals surface area contributed by atoms with Crippen LogP contribution in [0.3, 0.4) is 0 Å². The molecule has 0 aromatic rings. The van der Waals surface area contributed by atoms with E-state index >= 15 is 0 Å². The Morgan fingerprint density at radius 1 is 1.25 bits per heavy atom. The Morgan fingerprint density at radius 2 is 2.00 bits per heavy atom. The largest absolute Gasteiger partial charge is 0.465 e. The lowest BCUT2D eigenvalue weighted by Gasteiger charge is -2.45. The molecule has 116 valence electrons. The summed E-state index contributed by atoms with van der Waals surface area (Å²) < 4.78 is 5.21. The van der Waals surface area contributed by atoms with E-state index in [4.69, 9.17) is 4.74 Å². The van der Waals surface area contributed by atoms with E-state index in [0.29, 0.717) is 12.6 Å². The first-order valence-electron chi connectivity index (χ1n) is 8.40. The summed E-state index contributed by atoms with van der Waals surface area (Å²) in [4.78, 5) is 14.6. The van der Waals surface area contributed by atoms with Gasteiger partial charge >= 0.3 is 5.97 Å². The Bertz CT molecular complexity index is 307. The molecule has 2 rings (SSSR count). The molecule has 0 bridgehead atoms. The summed E-state index contributed by atoms with van der Waals surface area (Å²) >= 11 is 0. The minimum absolute atomic E-state index is 0.0905. The molecule has 0 radical (unpaired) electrons. The number of carbonyl (C=O) groups excluding carboxylic acids is 1. The highest BCUT2D eigenvalue weighted by Gasteiger charge is 2.35. The van der Waals surface area contributed by atoms with Gasteiger partial charge in [0.1, 0.15) is 6.04 Å². The molecule has 1 aliphatic carbocycles. The summed E-state index contributed by atoms with van der Waals surface area (Å²) in [6.07, 6.45) is 8.10. The Labute approximate surface area is 123 Å². The summed E-state index contributed by atoms with van der Waals surface area (Å²) in [5.74, 6) is 0.772.